The van der Waals surface area contributed by atoms with E-state index in [0.717, 1.165) is 29.9 Å². The lowest BCUT2D eigenvalue weighted by molar-refractivity contribution is 0.143. The molecule has 1 aliphatic carbocycles. The van der Waals surface area contributed by atoms with Gasteiger partial charge < -0.3 is 15.3 Å². The molecular weight excluding hydrogens is 216 g/mol. The maximum Gasteiger partial charge on any atom is 0.118 e. The lowest BCUT2D eigenvalue weighted by Gasteiger charge is -2.03. The predicted octanol–water partition coefficient (Wildman–Crippen LogP) is 2.14. The van der Waals surface area contributed by atoms with E-state index < -0.39 is 0 Å². The van der Waals surface area contributed by atoms with Crippen LogP contribution in [0.4, 0.5) is 0 Å². The van der Waals surface area contributed by atoms with E-state index in [-0.39, 0.29) is 0 Å². The second kappa shape index (κ2) is 7.68. The van der Waals surface area contributed by atoms with Crippen molar-refractivity contribution in [2.45, 2.75) is 19.8 Å². The zero-order chi connectivity index (χ0) is 12.5. The average molecular weight is 236 g/mol. The van der Waals surface area contributed by atoms with Crippen LogP contribution in [0.25, 0.3) is 0 Å². The Kier molecular flexibility index (Phi) is 6.10. The molecule has 0 amide bonds. The minimum Gasteiger partial charge on any atom is -0.497 e. The summed E-state index contributed by atoms with van der Waals surface area (Å²) in [6, 6.07) is 0. The highest BCUT2D eigenvalue weighted by molar-refractivity contribution is 5.98. The van der Waals surface area contributed by atoms with Crippen LogP contribution in [0, 0.1) is 0 Å². The third-order valence-corrected chi connectivity index (χ3v) is 2.41. The van der Waals surface area contributed by atoms with Crippen LogP contribution in [-0.4, -0.2) is 26.0 Å². The number of methoxy groups -OCH3 is 1. The van der Waals surface area contributed by atoms with Gasteiger partial charge in [-0.05, 0) is 44.0 Å². The Morgan fingerprint density at radius 2 is 2.29 bits per heavy atom. The molecule has 94 valence electrons. The van der Waals surface area contributed by atoms with Gasteiger partial charge in [0.15, 0.2) is 0 Å². The van der Waals surface area contributed by atoms with E-state index in [1.54, 1.807) is 7.11 Å². The molecule has 0 aromatic heterocycles. The van der Waals surface area contributed by atoms with Crippen molar-refractivity contribution in [3.63, 3.8) is 0 Å². The highest BCUT2D eigenvalue weighted by atomic mass is 16.6. The summed E-state index contributed by atoms with van der Waals surface area (Å²) in [4.78, 5) is 5.17. The molecule has 0 unspecified atom stereocenters. The first-order valence-corrected chi connectivity index (χ1v) is 5.76. The summed E-state index contributed by atoms with van der Waals surface area (Å²) in [5.74, 6) is 0.844. The molecule has 0 fully saturated rings. The van der Waals surface area contributed by atoms with E-state index in [4.69, 9.17) is 15.3 Å². The fourth-order valence-corrected chi connectivity index (χ4v) is 1.36. The van der Waals surface area contributed by atoms with Crippen molar-refractivity contribution in [3.8, 4) is 0 Å². The number of hydrogen-bond acceptors (Lipinski definition) is 4. The molecule has 0 radical (unpaired) electrons. The van der Waals surface area contributed by atoms with Gasteiger partial charge in [0, 0.05) is 0 Å². The van der Waals surface area contributed by atoms with E-state index in [2.05, 4.69) is 5.16 Å². The molecule has 0 heterocycles. The Morgan fingerprint density at radius 1 is 1.47 bits per heavy atom. The maximum atomic E-state index is 5.37. The van der Waals surface area contributed by atoms with Gasteiger partial charge in [-0.1, -0.05) is 17.3 Å². The number of rotatable bonds is 6. The van der Waals surface area contributed by atoms with E-state index in [0.29, 0.717) is 13.2 Å². The molecule has 0 aliphatic heterocycles. The standard InChI is InChI=1S/C13H20N2O2/c1-11(15-17-10-4-9-14)12-5-3-6-13(16-2)8-7-12/h3,6-8H,4-5,9-10,14H2,1-2H3/b15-11+. The van der Waals surface area contributed by atoms with Gasteiger partial charge in [-0.2, -0.15) is 0 Å². The molecular formula is C13H20N2O2. The van der Waals surface area contributed by atoms with Crippen molar-refractivity contribution < 1.29 is 9.57 Å². The van der Waals surface area contributed by atoms with Gasteiger partial charge in [0.05, 0.1) is 12.8 Å². The summed E-state index contributed by atoms with van der Waals surface area (Å²) in [7, 11) is 1.66. The first-order valence-electron chi connectivity index (χ1n) is 5.76. The van der Waals surface area contributed by atoms with Gasteiger partial charge in [-0.25, -0.2) is 0 Å². The molecule has 0 aromatic carbocycles. The van der Waals surface area contributed by atoms with E-state index in [1.807, 2.05) is 31.2 Å². The van der Waals surface area contributed by atoms with Crippen LogP contribution in [0.15, 0.2) is 40.8 Å². The molecule has 0 aromatic rings. The Hall–Kier alpha value is -1.55. The first kappa shape index (κ1) is 13.5. The van der Waals surface area contributed by atoms with Crippen molar-refractivity contribution >= 4 is 5.71 Å². The summed E-state index contributed by atoms with van der Waals surface area (Å²) in [6.07, 6.45) is 9.59. The third-order valence-electron chi connectivity index (χ3n) is 2.41. The van der Waals surface area contributed by atoms with Gasteiger partial charge in [-0.3, -0.25) is 0 Å². The Labute approximate surface area is 102 Å². The fraction of sp³-hybridized carbons (Fsp3) is 0.462. The van der Waals surface area contributed by atoms with Crippen LogP contribution in [0.5, 0.6) is 0 Å². The van der Waals surface area contributed by atoms with Crippen LogP contribution in [-0.2, 0) is 9.57 Å². The van der Waals surface area contributed by atoms with E-state index in [9.17, 15) is 0 Å². The molecule has 4 heteroatoms. The Bertz CT molecular complexity index is 354. The lowest BCUT2D eigenvalue weighted by atomic mass is 10.1. The minimum atomic E-state index is 0.566. The van der Waals surface area contributed by atoms with Crippen LogP contribution < -0.4 is 5.73 Å². The molecule has 0 bridgehead atoms. The lowest BCUT2D eigenvalue weighted by Crippen LogP contribution is -2.04. The van der Waals surface area contributed by atoms with Crippen molar-refractivity contribution in [2.24, 2.45) is 10.9 Å². The van der Waals surface area contributed by atoms with Crippen molar-refractivity contribution in [2.75, 3.05) is 20.3 Å². The van der Waals surface area contributed by atoms with Gasteiger partial charge in [0.25, 0.3) is 0 Å². The maximum absolute atomic E-state index is 5.37. The zero-order valence-corrected chi connectivity index (χ0v) is 10.5. The summed E-state index contributed by atoms with van der Waals surface area (Å²) in [5, 5.41) is 4.07. The summed E-state index contributed by atoms with van der Waals surface area (Å²) >= 11 is 0. The SMILES string of the molecule is COC1=CC=C(/C(C)=N/OCCCN)CC=C1. The Morgan fingerprint density at radius 3 is 3.00 bits per heavy atom. The molecule has 4 nitrogen and oxygen atoms in total. The molecule has 0 spiro atoms. The van der Waals surface area contributed by atoms with Crippen LogP contribution in [0.2, 0.25) is 0 Å². The fourth-order valence-electron chi connectivity index (χ4n) is 1.36. The molecule has 1 aliphatic rings. The van der Waals surface area contributed by atoms with E-state index in [1.165, 1.54) is 0 Å². The van der Waals surface area contributed by atoms with Gasteiger partial charge in [0.1, 0.15) is 12.4 Å². The quantitative estimate of drug-likeness (QED) is 0.437. The number of nitrogens with two attached hydrogens (primary N) is 1. The summed E-state index contributed by atoms with van der Waals surface area (Å²) < 4.78 is 5.16. The van der Waals surface area contributed by atoms with Gasteiger partial charge in [0.2, 0.25) is 0 Å². The number of allylic oxidation sites excluding steroid dienone is 5. The number of hydrogen-bond donors (Lipinski definition) is 1. The topological polar surface area (TPSA) is 56.8 Å². The number of oxime groups is 1. The second-order valence-corrected chi connectivity index (χ2v) is 3.72. The van der Waals surface area contributed by atoms with Gasteiger partial charge in [-0.15, -0.1) is 0 Å². The molecule has 2 N–H and O–H groups in total. The first-order chi connectivity index (χ1) is 8.27. The van der Waals surface area contributed by atoms with Crippen LogP contribution in [0.3, 0.4) is 0 Å². The molecule has 0 saturated carbocycles. The number of nitrogens with zero attached hydrogens (tertiary/aromatic N) is 1. The second-order valence-electron chi connectivity index (χ2n) is 3.72. The van der Waals surface area contributed by atoms with Crippen LogP contribution in [0.1, 0.15) is 19.8 Å². The van der Waals surface area contributed by atoms with Crippen molar-refractivity contribution in [1.82, 2.24) is 0 Å². The Balaban J connectivity index is 2.57. The summed E-state index contributed by atoms with van der Waals surface area (Å²) in [5.41, 5.74) is 7.38. The van der Waals surface area contributed by atoms with Crippen LogP contribution >= 0.6 is 0 Å². The zero-order valence-electron chi connectivity index (χ0n) is 10.5. The molecule has 17 heavy (non-hydrogen) atoms. The normalized spacial score (nSPS) is 16.1. The minimum absolute atomic E-state index is 0.566. The third kappa shape index (κ3) is 4.87. The molecule has 0 saturated heterocycles. The smallest absolute Gasteiger partial charge is 0.118 e. The molecule has 1 rings (SSSR count). The largest absolute Gasteiger partial charge is 0.497 e. The molecule has 0 atom stereocenters. The van der Waals surface area contributed by atoms with Gasteiger partial charge >= 0.3 is 0 Å². The highest BCUT2D eigenvalue weighted by Crippen LogP contribution is 2.13. The summed E-state index contributed by atoms with van der Waals surface area (Å²) in [6.45, 7) is 3.13. The van der Waals surface area contributed by atoms with Crippen molar-refractivity contribution in [1.29, 1.82) is 0 Å². The van der Waals surface area contributed by atoms with Crippen molar-refractivity contribution in [3.05, 3.63) is 35.6 Å². The van der Waals surface area contributed by atoms with E-state index >= 15 is 0 Å². The number of ether oxygens (including phenoxy) is 1. The highest BCUT2D eigenvalue weighted by Gasteiger charge is 2.03. The predicted molar refractivity (Wildman–Crippen MR) is 69.7 cm³/mol. The average Bonchev–Trinajstić information content (AvgIpc) is 2.59. The monoisotopic (exact) mass is 236 g/mol.